The van der Waals surface area contributed by atoms with Crippen LogP contribution in [0.25, 0.3) is 0 Å². The lowest BCUT2D eigenvalue weighted by Gasteiger charge is -2.16. The molecule has 1 atom stereocenters. The Morgan fingerprint density at radius 1 is 1.20 bits per heavy atom. The standard InChI is InChI=1S/C16H23NO3/c1-3-20-16(19)15(17-13(2)18)12-8-7-11-14-9-5-4-6-10-14/h4-6,9-10,15H,3,7-8,11-12H2,1-2H3,(H,17,18)/t15-/m1/s1. The first-order chi connectivity index (χ1) is 9.63. The summed E-state index contributed by atoms with van der Waals surface area (Å²) in [6.07, 6.45) is 3.46. The summed E-state index contributed by atoms with van der Waals surface area (Å²) in [6.45, 7) is 3.51. The predicted molar refractivity (Wildman–Crippen MR) is 78.2 cm³/mol. The SMILES string of the molecule is CCOC(=O)[C@@H](CCCCc1ccccc1)NC(C)=O. The summed E-state index contributed by atoms with van der Waals surface area (Å²) in [6, 6.07) is 9.70. The first-order valence-corrected chi connectivity index (χ1v) is 7.11. The van der Waals surface area contributed by atoms with Gasteiger partial charge in [0.2, 0.25) is 5.91 Å². The lowest BCUT2D eigenvalue weighted by Crippen LogP contribution is -2.40. The highest BCUT2D eigenvalue weighted by Crippen LogP contribution is 2.09. The van der Waals surface area contributed by atoms with Crippen LogP contribution in [0.3, 0.4) is 0 Å². The van der Waals surface area contributed by atoms with E-state index in [1.54, 1.807) is 6.92 Å². The average Bonchev–Trinajstić information content (AvgIpc) is 2.43. The van der Waals surface area contributed by atoms with Crippen LogP contribution in [0.2, 0.25) is 0 Å². The molecule has 1 aromatic rings. The number of rotatable bonds is 8. The number of hydrogen-bond acceptors (Lipinski definition) is 3. The Morgan fingerprint density at radius 2 is 1.90 bits per heavy atom. The van der Waals surface area contributed by atoms with Crippen LogP contribution in [-0.2, 0) is 20.7 Å². The number of carbonyl (C=O) groups is 2. The number of amides is 1. The molecule has 4 heteroatoms. The largest absolute Gasteiger partial charge is 0.464 e. The van der Waals surface area contributed by atoms with E-state index in [4.69, 9.17) is 4.74 Å². The van der Waals surface area contributed by atoms with Gasteiger partial charge in [-0.25, -0.2) is 4.79 Å². The van der Waals surface area contributed by atoms with Gasteiger partial charge in [-0.2, -0.15) is 0 Å². The number of nitrogens with one attached hydrogen (secondary N) is 1. The molecule has 1 rings (SSSR count). The van der Waals surface area contributed by atoms with Crippen molar-refractivity contribution in [3.63, 3.8) is 0 Å². The molecule has 0 aliphatic heterocycles. The second kappa shape index (κ2) is 9.13. The lowest BCUT2D eigenvalue weighted by molar-refractivity contribution is -0.147. The van der Waals surface area contributed by atoms with Crippen LogP contribution in [0.1, 0.15) is 38.7 Å². The number of hydrogen-bond donors (Lipinski definition) is 1. The Labute approximate surface area is 120 Å². The van der Waals surface area contributed by atoms with Gasteiger partial charge in [0.05, 0.1) is 6.61 Å². The number of unbranched alkanes of at least 4 members (excludes halogenated alkanes) is 1. The third-order valence-corrected chi connectivity index (χ3v) is 3.00. The average molecular weight is 277 g/mol. The number of esters is 1. The van der Waals surface area contributed by atoms with E-state index in [-0.39, 0.29) is 11.9 Å². The topological polar surface area (TPSA) is 55.4 Å². The van der Waals surface area contributed by atoms with Crippen LogP contribution in [0.5, 0.6) is 0 Å². The van der Waals surface area contributed by atoms with E-state index in [9.17, 15) is 9.59 Å². The molecule has 0 radical (unpaired) electrons. The van der Waals surface area contributed by atoms with Crippen molar-refractivity contribution in [3.8, 4) is 0 Å². The van der Waals surface area contributed by atoms with Crippen molar-refractivity contribution in [2.75, 3.05) is 6.61 Å². The summed E-state index contributed by atoms with van der Waals surface area (Å²) in [5, 5.41) is 2.65. The van der Waals surface area contributed by atoms with Crippen LogP contribution < -0.4 is 5.32 Å². The van der Waals surface area contributed by atoms with E-state index in [1.165, 1.54) is 12.5 Å². The minimum atomic E-state index is -0.525. The molecule has 4 nitrogen and oxygen atoms in total. The van der Waals surface area contributed by atoms with Gasteiger partial charge in [-0.05, 0) is 31.7 Å². The Kier molecular flexibility index (Phi) is 7.40. The third-order valence-electron chi connectivity index (χ3n) is 3.00. The molecule has 20 heavy (non-hydrogen) atoms. The molecule has 0 unspecified atom stereocenters. The summed E-state index contributed by atoms with van der Waals surface area (Å²) in [4.78, 5) is 22.8. The Bertz CT molecular complexity index is 417. The number of ether oxygens (including phenoxy) is 1. The van der Waals surface area contributed by atoms with Crippen molar-refractivity contribution in [3.05, 3.63) is 35.9 Å². The maximum atomic E-state index is 11.7. The van der Waals surface area contributed by atoms with Gasteiger partial charge in [0.15, 0.2) is 0 Å². The van der Waals surface area contributed by atoms with Crippen molar-refractivity contribution in [1.82, 2.24) is 5.32 Å². The van der Waals surface area contributed by atoms with E-state index in [2.05, 4.69) is 17.4 Å². The zero-order valence-electron chi connectivity index (χ0n) is 12.2. The van der Waals surface area contributed by atoms with Gasteiger partial charge in [0.1, 0.15) is 6.04 Å². The van der Waals surface area contributed by atoms with Crippen LogP contribution in [-0.4, -0.2) is 24.5 Å². The summed E-state index contributed by atoms with van der Waals surface area (Å²) < 4.78 is 4.97. The molecule has 0 spiro atoms. The van der Waals surface area contributed by atoms with Crippen LogP contribution >= 0.6 is 0 Å². The lowest BCUT2D eigenvalue weighted by atomic mass is 10.0. The minimum absolute atomic E-state index is 0.203. The second-order valence-corrected chi connectivity index (χ2v) is 4.74. The quantitative estimate of drug-likeness (QED) is 0.586. The summed E-state index contributed by atoms with van der Waals surface area (Å²) in [7, 11) is 0. The highest BCUT2D eigenvalue weighted by molar-refractivity contribution is 5.83. The molecule has 0 heterocycles. The highest BCUT2D eigenvalue weighted by Gasteiger charge is 2.19. The predicted octanol–water partition coefficient (Wildman–Crippen LogP) is 2.47. The molecule has 0 aromatic heterocycles. The first kappa shape index (κ1) is 16.2. The van der Waals surface area contributed by atoms with Crippen molar-refractivity contribution in [2.24, 2.45) is 0 Å². The van der Waals surface area contributed by atoms with Crippen LogP contribution in [0, 0.1) is 0 Å². The van der Waals surface area contributed by atoms with Crippen molar-refractivity contribution in [1.29, 1.82) is 0 Å². The monoisotopic (exact) mass is 277 g/mol. The van der Waals surface area contributed by atoms with E-state index in [0.717, 1.165) is 19.3 Å². The van der Waals surface area contributed by atoms with Gasteiger partial charge in [-0.3, -0.25) is 4.79 Å². The van der Waals surface area contributed by atoms with E-state index >= 15 is 0 Å². The molecule has 1 N–H and O–H groups in total. The fraction of sp³-hybridized carbons (Fsp3) is 0.500. The zero-order valence-corrected chi connectivity index (χ0v) is 12.2. The van der Waals surface area contributed by atoms with E-state index in [0.29, 0.717) is 13.0 Å². The third kappa shape index (κ3) is 6.36. The van der Waals surface area contributed by atoms with Gasteiger partial charge >= 0.3 is 5.97 Å². The number of aryl methyl sites for hydroxylation is 1. The minimum Gasteiger partial charge on any atom is -0.464 e. The number of benzene rings is 1. The van der Waals surface area contributed by atoms with Gasteiger partial charge in [0.25, 0.3) is 0 Å². The molecule has 1 aromatic carbocycles. The highest BCUT2D eigenvalue weighted by atomic mass is 16.5. The van der Waals surface area contributed by atoms with Crippen molar-refractivity contribution >= 4 is 11.9 Å². The van der Waals surface area contributed by atoms with Gasteiger partial charge in [-0.1, -0.05) is 36.8 Å². The summed E-state index contributed by atoms with van der Waals surface area (Å²) in [5.41, 5.74) is 1.29. The van der Waals surface area contributed by atoms with Gasteiger partial charge < -0.3 is 10.1 Å². The second-order valence-electron chi connectivity index (χ2n) is 4.74. The molecule has 0 fully saturated rings. The normalized spacial score (nSPS) is 11.7. The molecule has 0 bridgehead atoms. The van der Waals surface area contributed by atoms with Crippen molar-refractivity contribution in [2.45, 2.75) is 45.6 Å². The molecule has 0 saturated heterocycles. The Balaban J connectivity index is 2.34. The molecule has 110 valence electrons. The molecule has 1 amide bonds. The van der Waals surface area contributed by atoms with E-state index in [1.807, 2.05) is 18.2 Å². The smallest absolute Gasteiger partial charge is 0.328 e. The van der Waals surface area contributed by atoms with Crippen LogP contribution in [0.15, 0.2) is 30.3 Å². The molecular formula is C16H23NO3. The Hall–Kier alpha value is -1.84. The first-order valence-electron chi connectivity index (χ1n) is 7.11. The molecule has 0 aliphatic carbocycles. The maximum absolute atomic E-state index is 11.7. The molecule has 0 aliphatic rings. The van der Waals surface area contributed by atoms with Gasteiger partial charge in [0, 0.05) is 6.92 Å². The fourth-order valence-electron chi connectivity index (χ4n) is 2.06. The zero-order chi connectivity index (χ0) is 14.8. The maximum Gasteiger partial charge on any atom is 0.328 e. The molecular weight excluding hydrogens is 254 g/mol. The summed E-state index contributed by atoms with van der Waals surface area (Å²) >= 11 is 0. The van der Waals surface area contributed by atoms with Crippen LogP contribution in [0.4, 0.5) is 0 Å². The van der Waals surface area contributed by atoms with E-state index < -0.39 is 6.04 Å². The number of carbonyl (C=O) groups excluding carboxylic acids is 2. The molecule has 0 saturated carbocycles. The summed E-state index contributed by atoms with van der Waals surface area (Å²) in [5.74, 6) is -0.548. The fourth-order valence-corrected chi connectivity index (χ4v) is 2.06. The Morgan fingerprint density at radius 3 is 2.50 bits per heavy atom. The van der Waals surface area contributed by atoms with Crippen molar-refractivity contribution < 1.29 is 14.3 Å². The van der Waals surface area contributed by atoms with Gasteiger partial charge in [-0.15, -0.1) is 0 Å².